The van der Waals surface area contributed by atoms with Crippen LogP contribution in [0.4, 0.5) is 4.39 Å². The quantitative estimate of drug-likeness (QED) is 0.786. The first-order valence-electron chi connectivity index (χ1n) is 6.02. The summed E-state index contributed by atoms with van der Waals surface area (Å²) < 4.78 is 13.8. The lowest BCUT2D eigenvalue weighted by molar-refractivity contribution is 0.218. The topological polar surface area (TPSA) is 43.7 Å². The zero-order chi connectivity index (χ0) is 13.9. The molecule has 0 bridgehead atoms. The summed E-state index contributed by atoms with van der Waals surface area (Å²) in [4.78, 5) is 2.05. The van der Waals surface area contributed by atoms with Gasteiger partial charge in [-0.3, -0.25) is 0 Å². The first kappa shape index (κ1) is 15.2. The van der Waals surface area contributed by atoms with Crippen LogP contribution in [-0.4, -0.2) is 35.7 Å². The van der Waals surface area contributed by atoms with Gasteiger partial charge in [0.2, 0.25) is 0 Å². The van der Waals surface area contributed by atoms with Crippen molar-refractivity contribution in [1.29, 1.82) is 0 Å². The van der Waals surface area contributed by atoms with Gasteiger partial charge < -0.3 is 14.9 Å². The Hall–Kier alpha value is -0.905. The molecule has 3 nitrogen and oxygen atoms in total. The van der Waals surface area contributed by atoms with Crippen molar-refractivity contribution in [2.75, 3.05) is 13.6 Å². The fraction of sp³-hybridized carbons (Fsp3) is 0.538. The highest BCUT2D eigenvalue weighted by atomic mass is 19.1. The van der Waals surface area contributed by atoms with E-state index in [4.69, 9.17) is 10.0 Å². The molecule has 0 saturated heterocycles. The average molecular weight is 253 g/mol. The van der Waals surface area contributed by atoms with Gasteiger partial charge in [0.1, 0.15) is 5.82 Å². The summed E-state index contributed by atoms with van der Waals surface area (Å²) in [6.07, 6.45) is 0. The fourth-order valence-corrected chi connectivity index (χ4v) is 2.01. The lowest BCUT2D eigenvalue weighted by Gasteiger charge is -2.26. The van der Waals surface area contributed by atoms with Crippen LogP contribution in [0.2, 0.25) is 0 Å². The second-order valence-corrected chi connectivity index (χ2v) is 5.96. The second kappa shape index (κ2) is 5.82. The van der Waals surface area contributed by atoms with Crippen LogP contribution in [0.15, 0.2) is 18.2 Å². The van der Waals surface area contributed by atoms with Crippen molar-refractivity contribution in [2.45, 2.75) is 27.3 Å². The molecule has 1 aromatic carbocycles. The highest BCUT2D eigenvalue weighted by Crippen LogP contribution is 2.16. The molecule has 0 aliphatic rings. The van der Waals surface area contributed by atoms with E-state index in [1.807, 2.05) is 11.9 Å². The molecule has 0 spiro atoms. The highest BCUT2D eigenvalue weighted by Gasteiger charge is 2.17. The van der Waals surface area contributed by atoms with Crippen molar-refractivity contribution in [3.05, 3.63) is 29.6 Å². The fourth-order valence-electron chi connectivity index (χ4n) is 2.01. The maximum absolute atomic E-state index is 13.8. The smallest absolute Gasteiger partial charge is 0.423 e. The summed E-state index contributed by atoms with van der Waals surface area (Å²) in [6.45, 7) is 7.75. The van der Waals surface area contributed by atoms with Crippen LogP contribution in [0.1, 0.15) is 26.3 Å². The van der Waals surface area contributed by atoms with Gasteiger partial charge >= 0.3 is 7.12 Å². The van der Waals surface area contributed by atoms with Crippen LogP contribution >= 0.6 is 0 Å². The van der Waals surface area contributed by atoms with Crippen molar-refractivity contribution in [3.63, 3.8) is 0 Å². The largest absolute Gasteiger partial charge is 0.488 e. The molecular weight excluding hydrogens is 232 g/mol. The number of halogens is 1. The van der Waals surface area contributed by atoms with E-state index in [2.05, 4.69) is 20.8 Å². The van der Waals surface area contributed by atoms with E-state index >= 15 is 0 Å². The van der Waals surface area contributed by atoms with Crippen molar-refractivity contribution >= 4 is 12.6 Å². The Bertz CT molecular complexity index is 404. The Morgan fingerprint density at radius 3 is 2.33 bits per heavy atom. The monoisotopic (exact) mass is 253 g/mol. The molecule has 0 unspecified atom stereocenters. The molecule has 0 aromatic heterocycles. The van der Waals surface area contributed by atoms with Crippen molar-refractivity contribution < 1.29 is 14.4 Å². The van der Waals surface area contributed by atoms with Crippen LogP contribution in [0.5, 0.6) is 0 Å². The van der Waals surface area contributed by atoms with Gasteiger partial charge in [-0.15, -0.1) is 0 Å². The van der Waals surface area contributed by atoms with Gasteiger partial charge in [-0.1, -0.05) is 32.9 Å². The van der Waals surface area contributed by atoms with Crippen LogP contribution in [-0.2, 0) is 6.54 Å². The summed E-state index contributed by atoms with van der Waals surface area (Å²) in [5.74, 6) is -0.402. The third-order valence-electron chi connectivity index (χ3n) is 2.56. The molecule has 0 aliphatic carbocycles. The molecule has 0 saturated carbocycles. The van der Waals surface area contributed by atoms with Crippen LogP contribution in [0.3, 0.4) is 0 Å². The molecule has 0 fully saturated rings. The standard InChI is InChI=1S/C13H21BFNO2/c1-13(2,3)9-16(4)8-10-5-6-11(14(17)18)7-12(10)15/h5-7,17-18H,8-9H2,1-4H3. The molecule has 1 rings (SSSR count). The Morgan fingerprint density at radius 2 is 1.89 bits per heavy atom. The van der Waals surface area contributed by atoms with Gasteiger partial charge in [0.05, 0.1) is 0 Å². The normalized spacial score (nSPS) is 12.0. The van der Waals surface area contributed by atoms with Gasteiger partial charge in [0.25, 0.3) is 0 Å². The average Bonchev–Trinajstić information content (AvgIpc) is 2.17. The van der Waals surface area contributed by atoms with E-state index in [1.54, 1.807) is 6.07 Å². The van der Waals surface area contributed by atoms with Crippen molar-refractivity contribution in [3.8, 4) is 0 Å². The third kappa shape index (κ3) is 4.76. The van der Waals surface area contributed by atoms with Gasteiger partial charge in [0, 0.05) is 18.7 Å². The lowest BCUT2D eigenvalue weighted by atomic mass is 9.80. The SMILES string of the molecule is CN(Cc1ccc(B(O)O)cc1F)CC(C)(C)C. The molecule has 18 heavy (non-hydrogen) atoms. The summed E-state index contributed by atoms with van der Waals surface area (Å²) in [6, 6.07) is 4.31. The van der Waals surface area contributed by atoms with E-state index in [0.717, 1.165) is 6.54 Å². The number of nitrogens with zero attached hydrogens (tertiary/aromatic N) is 1. The van der Waals surface area contributed by atoms with E-state index in [9.17, 15) is 4.39 Å². The highest BCUT2D eigenvalue weighted by molar-refractivity contribution is 6.58. The molecule has 0 radical (unpaired) electrons. The minimum Gasteiger partial charge on any atom is -0.423 e. The zero-order valence-electron chi connectivity index (χ0n) is 11.4. The summed E-state index contributed by atoms with van der Waals surface area (Å²) >= 11 is 0. The molecule has 2 N–H and O–H groups in total. The lowest BCUT2D eigenvalue weighted by Crippen LogP contribution is -2.31. The second-order valence-electron chi connectivity index (χ2n) is 5.96. The van der Waals surface area contributed by atoms with Crippen LogP contribution in [0.25, 0.3) is 0 Å². The van der Waals surface area contributed by atoms with Gasteiger partial charge in [-0.25, -0.2) is 4.39 Å². The van der Waals surface area contributed by atoms with Gasteiger partial charge in [-0.05, 0) is 24.0 Å². The van der Waals surface area contributed by atoms with E-state index < -0.39 is 12.9 Å². The summed E-state index contributed by atoms with van der Waals surface area (Å²) in [7, 11) is 0.320. The molecular formula is C13H21BFNO2. The molecule has 0 atom stereocenters. The summed E-state index contributed by atoms with van der Waals surface area (Å²) in [5.41, 5.74) is 0.896. The number of hydrogen-bond acceptors (Lipinski definition) is 3. The Labute approximate surface area is 108 Å². The predicted molar refractivity (Wildman–Crippen MR) is 72.0 cm³/mol. The molecule has 5 heteroatoms. The van der Waals surface area contributed by atoms with E-state index in [1.165, 1.54) is 12.1 Å². The van der Waals surface area contributed by atoms with E-state index in [0.29, 0.717) is 12.1 Å². The molecule has 0 heterocycles. The van der Waals surface area contributed by atoms with Crippen molar-refractivity contribution in [2.24, 2.45) is 5.41 Å². The summed E-state index contributed by atoms with van der Waals surface area (Å²) in [5, 5.41) is 17.9. The maximum atomic E-state index is 13.8. The first-order valence-corrected chi connectivity index (χ1v) is 6.02. The molecule has 0 aliphatic heterocycles. The molecule has 1 aromatic rings. The number of rotatable bonds is 4. The van der Waals surface area contributed by atoms with Gasteiger partial charge in [0.15, 0.2) is 0 Å². The maximum Gasteiger partial charge on any atom is 0.488 e. The number of benzene rings is 1. The van der Waals surface area contributed by atoms with E-state index in [-0.39, 0.29) is 10.9 Å². The minimum absolute atomic E-state index is 0.159. The molecule has 100 valence electrons. The Morgan fingerprint density at radius 1 is 1.28 bits per heavy atom. The minimum atomic E-state index is -1.62. The van der Waals surface area contributed by atoms with Crippen LogP contribution < -0.4 is 5.46 Å². The number of hydrogen-bond donors (Lipinski definition) is 2. The first-order chi connectivity index (χ1) is 8.19. The molecule has 0 amide bonds. The Balaban J connectivity index is 2.74. The van der Waals surface area contributed by atoms with Crippen molar-refractivity contribution in [1.82, 2.24) is 4.90 Å². The third-order valence-corrected chi connectivity index (χ3v) is 2.56. The predicted octanol–water partition coefficient (Wildman–Crippen LogP) is 0.983. The van der Waals surface area contributed by atoms with Gasteiger partial charge in [-0.2, -0.15) is 0 Å². The Kier molecular flexibility index (Phi) is 4.90. The van der Waals surface area contributed by atoms with Crippen LogP contribution in [0, 0.1) is 11.2 Å². The zero-order valence-corrected chi connectivity index (χ0v) is 11.4.